The zero-order valence-electron chi connectivity index (χ0n) is 11.8. The van der Waals surface area contributed by atoms with Crippen molar-refractivity contribution in [1.82, 2.24) is 0 Å². The fourth-order valence-corrected chi connectivity index (χ4v) is 3.24. The van der Waals surface area contributed by atoms with Crippen molar-refractivity contribution in [3.05, 3.63) is 29.6 Å². The minimum atomic E-state index is -0.729. The average Bonchev–Trinajstić information content (AvgIpc) is 2.84. The van der Waals surface area contributed by atoms with Crippen molar-refractivity contribution in [2.75, 3.05) is 7.11 Å². The number of aliphatic carboxylic acids is 1. The number of carbonyl (C=O) groups is 1. The Labute approximate surface area is 118 Å². The van der Waals surface area contributed by atoms with Crippen LogP contribution in [0.2, 0.25) is 0 Å². The van der Waals surface area contributed by atoms with Gasteiger partial charge < -0.3 is 9.84 Å². The summed E-state index contributed by atoms with van der Waals surface area (Å²) in [5.41, 5.74) is 0.808. The number of halogens is 1. The lowest BCUT2D eigenvalue weighted by Crippen LogP contribution is -2.21. The predicted molar refractivity (Wildman–Crippen MR) is 74.4 cm³/mol. The first kappa shape index (κ1) is 14.8. The molecule has 0 aliphatic heterocycles. The van der Waals surface area contributed by atoms with Crippen LogP contribution in [0.4, 0.5) is 4.39 Å². The fraction of sp³-hybridized carbons (Fsp3) is 0.562. The molecule has 110 valence electrons. The molecule has 1 N–H and O–H groups in total. The van der Waals surface area contributed by atoms with E-state index in [1.165, 1.54) is 13.2 Å². The highest BCUT2D eigenvalue weighted by atomic mass is 19.1. The molecule has 0 atom stereocenters. The van der Waals surface area contributed by atoms with Gasteiger partial charge in [-0.2, -0.15) is 0 Å². The van der Waals surface area contributed by atoms with E-state index in [1.54, 1.807) is 6.07 Å². The van der Waals surface area contributed by atoms with Gasteiger partial charge in [-0.15, -0.1) is 0 Å². The van der Waals surface area contributed by atoms with E-state index in [2.05, 4.69) is 0 Å². The van der Waals surface area contributed by atoms with Gasteiger partial charge in [-0.1, -0.05) is 18.9 Å². The van der Waals surface area contributed by atoms with Gasteiger partial charge in [-0.3, -0.25) is 4.79 Å². The number of carboxylic acid groups (broad SMARTS) is 1. The van der Waals surface area contributed by atoms with Crippen LogP contribution in [0.3, 0.4) is 0 Å². The third-order valence-electron chi connectivity index (χ3n) is 4.35. The molecule has 0 amide bonds. The van der Waals surface area contributed by atoms with Gasteiger partial charge in [-0.05, 0) is 48.8 Å². The van der Waals surface area contributed by atoms with Gasteiger partial charge in [0.15, 0.2) is 11.6 Å². The number of hydrogen-bond acceptors (Lipinski definition) is 2. The average molecular weight is 280 g/mol. The van der Waals surface area contributed by atoms with Crippen LogP contribution in [0.15, 0.2) is 18.2 Å². The lowest BCUT2D eigenvalue weighted by atomic mass is 9.77. The van der Waals surface area contributed by atoms with Crippen LogP contribution < -0.4 is 4.74 Å². The van der Waals surface area contributed by atoms with Crippen molar-refractivity contribution >= 4 is 5.97 Å². The van der Waals surface area contributed by atoms with Crippen molar-refractivity contribution in [1.29, 1.82) is 0 Å². The second kappa shape index (κ2) is 6.25. The van der Waals surface area contributed by atoms with E-state index in [1.807, 2.05) is 6.07 Å². The number of methoxy groups -OCH3 is 1. The SMILES string of the molecule is COc1ccc(CCC2(CC(=O)O)CCCC2)cc1F. The molecule has 0 aromatic heterocycles. The maximum Gasteiger partial charge on any atom is 0.303 e. The lowest BCUT2D eigenvalue weighted by molar-refractivity contribution is -0.139. The molecule has 0 saturated heterocycles. The van der Waals surface area contributed by atoms with Crippen molar-refractivity contribution in [3.63, 3.8) is 0 Å². The largest absolute Gasteiger partial charge is 0.494 e. The molecule has 1 aromatic rings. The summed E-state index contributed by atoms with van der Waals surface area (Å²) in [6.45, 7) is 0. The van der Waals surface area contributed by atoms with Crippen LogP contribution in [0, 0.1) is 11.2 Å². The Morgan fingerprint density at radius 1 is 1.40 bits per heavy atom. The Balaban J connectivity index is 2.02. The Kier molecular flexibility index (Phi) is 4.63. The van der Waals surface area contributed by atoms with Crippen LogP contribution in [0.5, 0.6) is 5.75 Å². The Hall–Kier alpha value is -1.58. The van der Waals surface area contributed by atoms with E-state index in [-0.39, 0.29) is 23.4 Å². The maximum atomic E-state index is 13.6. The molecule has 0 radical (unpaired) electrons. The first-order chi connectivity index (χ1) is 9.54. The number of rotatable bonds is 6. The second-order valence-electron chi connectivity index (χ2n) is 5.75. The third kappa shape index (κ3) is 3.50. The van der Waals surface area contributed by atoms with Gasteiger partial charge in [0.05, 0.1) is 13.5 Å². The summed E-state index contributed by atoms with van der Waals surface area (Å²) in [5.74, 6) is -0.841. The van der Waals surface area contributed by atoms with Crippen molar-refractivity contribution in [3.8, 4) is 5.75 Å². The highest BCUT2D eigenvalue weighted by Crippen LogP contribution is 2.44. The number of carboxylic acids is 1. The summed E-state index contributed by atoms with van der Waals surface area (Å²) < 4.78 is 18.5. The summed E-state index contributed by atoms with van der Waals surface area (Å²) in [7, 11) is 1.44. The highest BCUT2D eigenvalue weighted by molar-refractivity contribution is 5.67. The van der Waals surface area contributed by atoms with Gasteiger partial charge in [-0.25, -0.2) is 4.39 Å². The van der Waals surface area contributed by atoms with Crippen molar-refractivity contribution in [2.24, 2.45) is 5.41 Å². The van der Waals surface area contributed by atoms with Gasteiger partial charge in [0, 0.05) is 0 Å². The van der Waals surface area contributed by atoms with E-state index < -0.39 is 5.97 Å². The lowest BCUT2D eigenvalue weighted by Gasteiger charge is -2.27. The fourth-order valence-electron chi connectivity index (χ4n) is 3.24. The molecule has 0 heterocycles. The van der Waals surface area contributed by atoms with E-state index >= 15 is 0 Å². The quantitative estimate of drug-likeness (QED) is 0.862. The molecule has 20 heavy (non-hydrogen) atoms. The summed E-state index contributed by atoms with van der Waals surface area (Å²) in [6, 6.07) is 4.97. The van der Waals surface area contributed by atoms with Crippen LogP contribution in [-0.2, 0) is 11.2 Å². The van der Waals surface area contributed by atoms with Gasteiger partial charge in [0.2, 0.25) is 0 Å². The molecule has 0 unspecified atom stereocenters. The summed E-state index contributed by atoms with van der Waals surface area (Å²) in [5, 5.41) is 9.07. The molecule has 0 spiro atoms. The minimum absolute atomic E-state index is 0.0950. The molecule has 1 aliphatic rings. The number of aryl methyl sites for hydroxylation is 1. The Bertz CT molecular complexity index is 479. The van der Waals surface area contributed by atoms with E-state index in [9.17, 15) is 9.18 Å². The first-order valence-corrected chi connectivity index (χ1v) is 7.09. The topological polar surface area (TPSA) is 46.5 Å². The standard InChI is InChI=1S/C16H21FO3/c1-20-14-5-4-12(10-13(14)17)6-9-16(11-15(18)19)7-2-3-8-16/h4-5,10H,2-3,6-9,11H2,1H3,(H,18,19). The Morgan fingerprint density at radius 3 is 2.65 bits per heavy atom. The van der Waals surface area contributed by atoms with Crippen LogP contribution in [-0.4, -0.2) is 18.2 Å². The molecule has 0 bridgehead atoms. The summed E-state index contributed by atoms with van der Waals surface area (Å²) in [6.07, 6.45) is 5.90. The monoisotopic (exact) mass is 280 g/mol. The molecule has 2 rings (SSSR count). The van der Waals surface area contributed by atoms with Crippen LogP contribution >= 0.6 is 0 Å². The van der Waals surface area contributed by atoms with Gasteiger partial charge in [0.1, 0.15) is 0 Å². The maximum absolute atomic E-state index is 13.6. The second-order valence-corrected chi connectivity index (χ2v) is 5.75. The minimum Gasteiger partial charge on any atom is -0.494 e. The molecular formula is C16H21FO3. The number of hydrogen-bond donors (Lipinski definition) is 1. The zero-order chi connectivity index (χ0) is 14.6. The Morgan fingerprint density at radius 2 is 2.10 bits per heavy atom. The van der Waals surface area contributed by atoms with E-state index in [0.29, 0.717) is 6.42 Å². The molecule has 1 aromatic carbocycles. The predicted octanol–water partition coefficient (Wildman–Crippen LogP) is 3.80. The van der Waals surface area contributed by atoms with Crippen LogP contribution in [0.1, 0.15) is 44.1 Å². The highest BCUT2D eigenvalue weighted by Gasteiger charge is 2.35. The smallest absolute Gasteiger partial charge is 0.303 e. The molecule has 1 fully saturated rings. The number of ether oxygens (including phenoxy) is 1. The summed E-state index contributed by atoms with van der Waals surface area (Å²) in [4.78, 5) is 11.0. The number of benzene rings is 1. The molecule has 3 nitrogen and oxygen atoms in total. The summed E-state index contributed by atoms with van der Waals surface area (Å²) >= 11 is 0. The van der Waals surface area contributed by atoms with Gasteiger partial charge >= 0.3 is 5.97 Å². The van der Waals surface area contributed by atoms with Crippen molar-refractivity contribution < 1.29 is 19.0 Å². The van der Waals surface area contributed by atoms with Crippen LogP contribution in [0.25, 0.3) is 0 Å². The zero-order valence-corrected chi connectivity index (χ0v) is 11.8. The van der Waals surface area contributed by atoms with Crippen molar-refractivity contribution in [2.45, 2.75) is 44.9 Å². The molecular weight excluding hydrogens is 259 g/mol. The van der Waals surface area contributed by atoms with E-state index in [4.69, 9.17) is 9.84 Å². The first-order valence-electron chi connectivity index (χ1n) is 7.09. The van der Waals surface area contributed by atoms with E-state index in [0.717, 1.165) is 37.7 Å². The third-order valence-corrected chi connectivity index (χ3v) is 4.35. The molecule has 1 aliphatic carbocycles. The molecule has 1 saturated carbocycles. The normalized spacial score (nSPS) is 17.1. The molecule has 4 heteroatoms. The van der Waals surface area contributed by atoms with Gasteiger partial charge in [0.25, 0.3) is 0 Å².